The first kappa shape index (κ1) is 24.3. The lowest BCUT2D eigenvalue weighted by Gasteiger charge is -2.22. The number of hydrogen-bond donors (Lipinski definition) is 0. The van der Waals surface area contributed by atoms with Crippen LogP contribution in [0, 0.1) is 5.92 Å². The quantitative estimate of drug-likeness (QED) is 0.415. The van der Waals surface area contributed by atoms with Gasteiger partial charge in [-0.1, -0.05) is 30.7 Å². The zero-order chi connectivity index (χ0) is 26.0. The Labute approximate surface area is 209 Å². The van der Waals surface area contributed by atoms with E-state index in [1.165, 1.54) is 11.1 Å². The molecule has 0 bridgehead atoms. The van der Waals surface area contributed by atoms with E-state index in [4.69, 9.17) is 11.6 Å². The van der Waals surface area contributed by atoms with Crippen LogP contribution in [0.15, 0.2) is 71.8 Å². The minimum Gasteiger partial charge on any atom is -0.278 e. The van der Waals surface area contributed by atoms with E-state index in [0.29, 0.717) is 28.4 Å². The third kappa shape index (κ3) is 3.56. The maximum Gasteiger partial charge on any atom is 0.501 e. The summed E-state index contributed by atoms with van der Waals surface area (Å²) >= 11 is 6.09. The summed E-state index contributed by atoms with van der Waals surface area (Å²) in [6.07, 6.45) is 1.90. The van der Waals surface area contributed by atoms with E-state index in [1.54, 1.807) is 36.4 Å². The molecule has 1 aliphatic carbocycles. The molecule has 1 aliphatic heterocycles. The van der Waals surface area contributed by atoms with Crippen LogP contribution in [0.2, 0.25) is 5.02 Å². The molecule has 1 aromatic heterocycles. The predicted octanol–water partition coefficient (Wildman–Crippen LogP) is 5.45. The van der Waals surface area contributed by atoms with Crippen molar-refractivity contribution in [1.29, 1.82) is 0 Å². The summed E-state index contributed by atoms with van der Waals surface area (Å²) in [6, 6.07) is 13.0. The first-order valence-corrected chi connectivity index (χ1v) is 12.6. The SMILES string of the molecule is CC1CC12C(=O)N(c1ccc(S(=O)(=O)C(F)(F)F)cc1)C(=O)N2c1ccnc(-c2cccc(Cl)c2)c1. The van der Waals surface area contributed by atoms with E-state index in [0.717, 1.165) is 29.2 Å². The van der Waals surface area contributed by atoms with E-state index in [9.17, 15) is 31.2 Å². The summed E-state index contributed by atoms with van der Waals surface area (Å²) in [5.74, 6) is -0.709. The zero-order valence-electron chi connectivity index (χ0n) is 18.5. The lowest BCUT2D eigenvalue weighted by molar-refractivity contribution is -0.119. The molecule has 2 fully saturated rings. The van der Waals surface area contributed by atoms with Crippen molar-refractivity contribution < 1.29 is 31.2 Å². The van der Waals surface area contributed by atoms with Crippen LogP contribution >= 0.6 is 11.6 Å². The summed E-state index contributed by atoms with van der Waals surface area (Å²) in [6.45, 7) is 1.82. The highest BCUT2D eigenvalue weighted by Crippen LogP contribution is 2.55. The van der Waals surface area contributed by atoms with E-state index < -0.39 is 37.7 Å². The lowest BCUT2D eigenvalue weighted by Crippen LogP contribution is -2.39. The Kier molecular flexibility index (Phi) is 5.42. The average Bonchev–Trinajstić information content (AvgIpc) is 3.44. The van der Waals surface area contributed by atoms with Crippen LogP contribution in [0.3, 0.4) is 0 Å². The molecule has 2 heterocycles. The van der Waals surface area contributed by atoms with Crippen molar-refractivity contribution in [3.63, 3.8) is 0 Å². The minimum atomic E-state index is -5.57. The number of alkyl halides is 3. The molecule has 12 heteroatoms. The van der Waals surface area contributed by atoms with Gasteiger partial charge in [-0.05, 0) is 60.9 Å². The molecular weight excluding hydrogens is 519 g/mol. The Balaban J connectivity index is 1.53. The van der Waals surface area contributed by atoms with Gasteiger partial charge in [0.2, 0.25) is 0 Å². The van der Waals surface area contributed by atoms with Crippen molar-refractivity contribution in [2.24, 2.45) is 5.92 Å². The first-order valence-electron chi connectivity index (χ1n) is 10.7. The van der Waals surface area contributed by atoms with Gasteiger partial charge in [-0.25, -0.2) is 18.1 Å². The Bertz CT molecular complexity index is 1510. The molecule has 3 aromatic rings. The van der Waals surface area contributed by atoms with Gasteiger partial charge in [0.15, 0.2) is 0 Å². The van der Waals surface area contributed by atoms with Gasteiger partial charge in [0.1, 0.15) is 5.54 Å². The van der Waals surface area contributed by atoms with Gasteiger partial charge in [-0.15, -0.1) is 0 Å². The number of nitrogens with zero attached hydrogens (tertiary/aromatic N) is 3. The number of urea groups is 1. The summed E-state index contributed by atoms with van der Waals surface area (Å²) in [7, 11) is -5.57. The molecule has 1 spiro atoms. The van der Waals surface area contributed by atoms with Gasteiger partial charge in [0, 0.05) is 16.8 Å². The predicted molar refractivity (Wildman–Crippen MR) is 126 cm³/mol. The number of rotatable bonds is 4. The highest BCUT2D eigenvalue weighted by Gasteiger charge is 2.70. The van der Waals surface area contributed by atoms with Crippen LogP contribution in [0.25, 0.3) is 11.3 Å². The number of sulfone groups is 1. The molecule has 36 heavy (non-hydrogen) atoms. The summed E-state index contributed by atoms with van der Waals surface area (Å²) in [4.78, 5) is 32.6. The van der Waals surface area contributed by atoms with Crippen LogP contribution < -0.4 is 9.80 Å². The molecule has 1 saturated carbocycles. The fraction of sp³-hybridized carbons (Fsp3) is 0.208. The smallest absolute Gasteiger partial charge is 0.278 e. The molecule has 2 aliphatic rings. The number of anilines is 2. The molecule has 2 atom stereocenters. The minimum absolute atomic E-state index is 0.0313. The summed E-state index contributed by atoms with van der Waals surface area (Å²) < 4.78 is 62.0. The second-order valence-electron chi connectivity index (χ2n) is 8.64. The van der Waals surface area contributed by atoms with Crippen LogP contribution in [-0.4, -0.2) is 36.4 Å². The number of amides is 3. The standard InChI is InChI=1S/C24H17ClF3N3O4S/c1-14-13-23(14)21(32)30(17-5-7-19(8-6-17)36(34,35)24(26,27)28)22(33)31(23)18-9-10-29-20(12-18)15-3-2-4-16(25)11-15/h2-12,14H,13H2,1H3. The number of benzene rings is 2. The number of halogens is 4. The van der Waals surface area contributed by atoms with Gasteiger partial charge >= 0.3 is 11.5 Å². The van der Waals surface area contributed by atoms with E-state index in [-0.39, 0.29) is 11.6 Å². The van der Waals surface area contributed by atoms with Gasteiger partial charge in [-0.2, -0.15) is 13.2 Å². The Hall–Kier alpha value is -3.44. The van der Waals surface area contributed by atoms with Crippen molar-refractivity contribution >= 4 is 44.8 Å². The number of hydrogen-bond acceptors (Lipinski definition) is 5. The number of carbonyl (C=O) groups is 2. The number of imide groups is 1. The fourth-order valence-electron chi connectivity index (χ4n) is 4.51. The van der Waals surface area contributed by atoms with E-state index >= 15 is 0 Å². The van der Waals surface area contributed by atoms with Crippen molar-refractivity contribution in [2.45, 2.75) is 29.3 Å². The second-order valence-corrected chi connectivity index (χ2v) is 11.0. The maximum absolute atomic E-state index is 13.6. The third-order valence-electron chi connectivity index (χ3n) is 6.46. The Morgan fingerprint density at radius 3 is 2.28 bits per heavy atom. The van der Waals surface area contributed by atoms with E-state index in [2.05, 4.69) is 4.98 Å². The van der Waals surface area contributed by atoms with Crippen molar-refractivity contribution in [2.75, 3.05) is 9.80 Å². The fourth-order valence-corrected chi connectivity index (χ4v) is 5.46. The molecule has 5 rings (SSSR count). The van der Waals surface area contributed by atoms with Crippen molar-refractivity contribution in [1.82, 2.24) is 4.98 Å². The number of carbonyl (C=O) groups excluding carboxylic acids is 2. The highest BCUT2D eigenvalue weighted by molar-refractivity contribution is 7.92. The highest BCUT2D eigenvalue weighted by atomic mass is 35.5. The van der Waals surface area contributed by atoms with Crippen LogP contribution in [0.4, 0.5) is 29.3 Å². The van der Waals surface area contributed by atoms with E-state index in [1.807, 2.05) is 6.92 Å². The molecule has 186 valence electrons. The molecular formula is C24H17ClF3N3O4S. The van der Waals surface area contributed by atoms with Crippen LogP contribution in [-0.2, 0) is 14.6 Å². The van der Waals surface area contributed by atoms with Crippen LogP contribution in [0.5, 0.6) is 0 Å². The maximum atomic E-state index is 13.6. The lowest BCUT2D eigenvalue weighted by atomic mass is 10.1. The van der Waals surface area contributed by atoms with Crippen molar-refractivity contribution in [3.8, 4) is 11.3 Å². The Morgan fingerprint density at radius 2 is 1.69 bits per heavy atom. The third-order valence-corrected chi connectivity index (χ3v) is 8.20. The van der Waals surface area contributed by atoms with Crippen LogP contribution in [0.1, 0.15) is 13.3 Å². The molecule has 1 saturated heterocycles. The zero-order valence-corrected chi connectivity index (χ0v) is 20.1. The summed E-state index contributed by atoms with van der Waals surface area (Å²) in [5, 5.41) is 0.501. The monoisotopic (exact) mass is 535 g/mol. The normalized spacial score (nSPS) is 22.0. The van der Waals surface area contributed by atoms with Gasteiger partial charge in [0.05, 0.1) is 22.0 Å². The number of pyridine rings is 1. The first-order chi connectivity index (χ1) is 16.9. The number of aromatic nitrogens is 1. The summed E-state index contributed by atoms with van der Waals surface area (Å²) in [5.41, 5.74) is -5.00. The van der Waals surface area contributed by atoms with Gasteiger partial charge < -0.3 is 0 Å². The molecule has 0 radical (unpaired) electrons. The molecule has 2 aromatic carbocycles. The molecule has 7 nitrogen and oxygen atoms in total. The Morgan fingerprint density at radius 1 is 1.03 bits per heavy atom. The second kappa shape index (κ2) is 8.04. The van der Waals surface area contributed by atoms with Gasteiger partial charge in [0.25, 0.3) is 15.7 Å². The van der Waals surface area contributed by atoms with Gasteiger partial charge in [-0.3, -0.25) is 14.7 Å². The van der Waals surface area contributed by atoms with Crippen molar-refractivity contribution in [3.05, 3.63) is 71.9 Å². The molecule has 3 amide bonds. The molecule has 0 N–H and O–H groups in total. The largest absolute Gasteiger partial charge is 0.501 e. The topological polar surface area (TPSA) is 87.7 Å². The average molecular weight is 536 g/mol. The molecule has 2 unspecified atom stereocenters.